The third kappa shape index (κ3) is 5.09. The van der Waals surface area contributed by atoms with Gasteiger partial charge in [0.05, 0.1) is 17.9 Å². The number of nitrogens with one attached hydrogen (secondary N) is 2. The van der Waals surface area contributed by atoms with Crippen molar-refractivity contribution < 1.29 is 19.1 Å². The lowest BCUT2D eigenvalue weighted by Crippen LogP contribution is -2.17. The number of thiophene rings is 1. The molecule has 3 rings (SSSR count). The number of amides is 2. The van der Waals surface area contributed by atoms with Gasteiger partial charge >= 0.3 is 5.97 Å². The summed E-state index contributed by atoms with van der Waals surface area (Å²) in [5, 5.41) is 14.2. The molecule has 0 spiro atoms. The number of rotatable bonds is 7. The molecule has 2 amide bonds. The second-order valence-electron chi connectivity index (χ2n) is 6.03. The highest BCUT2D eigenvalue weighted by molar-refractivity contribution is 8.01. The van der Waals surface area contributed by atoms with E-state index in [0.717, 1.165) is 36.1 Å². The van der Waals surface area contributed by atoms with E-state index in [1.807, 2.05) is 0 Å². The molecule has 11 heteroatoms. The molecule has 150 valence electrons. The van der Waals surface area contributed by atoms with Crippen LogP contribution in [0.4, 0.5) is 10.1 Å². The Kier molecular flexibility index (Phi) is 7.03. The number of fused-ring (bicyclic) bond motifs is 1. The second-order valence-corrected chi connectivity index (χ2v) is 9.33. The van der Waals surface area contributed by atoms with E-state index in [1.165, 1.54) is 41.4 Å². The zero-order chi connectivity index (χ0) is 20.1. The van der Waals surface area contributed by atoms with Crippen LogP contribution in [0.2, 0.25) is 0 Å². The van der Waals surface area contributed by atoms with Crippen LogP contribution in [0.3, 0.4) is 0 Å². The molecule has 0 aliphatic heterocycles. The number of carbonyl (C=O) groups is 3. The first-order valence-electron chi connectivity index (χ1n) is 8.83. The largest absolute Gasteiger partial charge is 0.462 e. The molecule has 0 radical (unpaired) electrons. The molecule has 8 nitrogen and oxygen atoms in total. The lowest BCUT2D eigenvalue weighted by Gasteiger charge is -2.12. The van der Waals surface area contributed by atoms with Gasteiger partial charge in [-0.3, -0.25) is 9.59 Å². The van der Waals surface area contributed by atoms with Crippen molar-refractivity contribution in [2.45, 2.75) is 43.9 Å². The Bertz CT molecular complexity index is 893. The van der Waals surface area contributed by atoms with Crippen molar-refractivity contribution in [3.8, 4) is 0 Å². The highest BCUT2D eigenvalue weighted by Gasteiger charge is 2.27. The molecular formula is C17H20N4O4S3. The van der Waals surface area contributed by atoms with Crippen LogP contribution < -0.4 is 10.6 Å². The van der Waals surface area contributed by atoms with E-state index in [2.05, 4.69) is 20.8 Å². The van der Waals surface area contributed by atoms with E-state index in [4.69, 9.17) is 4.74 Å². The number of hydrogen-bond acceptors (Lipinski definition) is 9. The van der Waals surface area contributed by atoms with Crippen LogP contribution in [0.25, 0.3) is 0 Å². The standard InChI is InChI=1S/C17H20N4O4S3/c1-3-25-15(24)13-10-6-4-5-7-11(10)27-14(13)19-12(23)8-26-17-21-20-16(28-17)18-9(2)22/h3-8H2,1-2H3,(H,19,23)(H,18,20,22). The summed E-state index contributed by atoms with van der Waals surface area (Å²) in [5.74, 6) is -0.711. The minimum Gasteiger partial charge on any atom is -0.462 e. The minimum absolute atomic E-state index is 0.125. The van der Waals surface area contributed by atoms with Crippen molar-refractivity contribution in [3.05, 3.63) is 16.0 Å². The monoisotopic (exact) mass is 440 g/mol. The van der Waals surface area contributed by atoms with Gasteiger partial charge in [-0.15, -0.1) is 21.5 Å². The molecule has 0 atom stereocenters. The SMILES string of the molecule is CCOC(=O)c1c(NC(=O)CSc2nnc(NC(C)=O)s2)sc2c1CCCC2. The molecule has 0 saturated heterocycles. The number of hydrogen-bond donors (Lipinski definition) is 2. The fourth-order valence-electron chi connectivity index (χ4n) is 2.83. The van der Waals surface area contributed by atoms with E-state index in [1.54, 1.807) is 6.92 Å². The topological polar surface area (TPSA) is 110 Å². The Morgan fingerprint density at radius 2 is 1.93 bits per heavy atom. The number of aromatic nitrogens is 2. The van der Waals surface area contributed by atoms with Gasteiger partial charge in [-0.05, 0) is 38.2 Å². The summed E-state index contributed by atoms with van der Waals surface area (Å²) in [4.78, 5) is 37.0. The average molecular weight is 441 g/mol. The lowest BCUT2D eigenvalue weighted by atomic mass is 9.95. The predicted octanol–water partition coefficient (Wildman–Crippen LogP) is 3.34. The van der Waals surface area contributed by atoms with Gasteiger partial charge in [0, 0.05) is 11.8 Å². The Hall–Kier alpha value is -1.98. The first-order chi connectivity index (χ1) is 13.5. The van der Waals surface area contributed by atoms with Gasteiger partial charge in [-0.25, -0.2) is 4.79 Å². The molecule has 28 heavy (non-hydrogen) atoms. The lowest BCUT2D eigenvalue weighted by molar-refractivity contribution is -0.114. The van der Waals surface area contributed by atoms with Crippen molar-refractivity contribution in [1.29, 1.82) is 0 Å². The molecule has 0 bridgehead atoms. The van der Waals surface area contributed by atoms with Gasteiger partial charge in [0.1, 0.15) is 5.00 Å². The number of ether oxygens (including phenoxy) is 1. The van der Waals surface area contributed by atoms with E-state index in [-0.39, 0.29) is 23.5 Å². The summed E-state index contributed by atoms with van der Waals surface area (Å²) in [7, 11) is 0. The molecule has 2 N–H and O–H groups in total. The molecule has 1 aliphatic rings. The quantitative estimate of drug-likeness (QED) is 0.386. The third-order valence-electron chi connectivity index (χ3n) is 3.92. The Morgan fingerprint density at radius 1 is 1.14 bits per heavy atom. The molecular weight excluding hydrogens is 420 g/mol. The van der Waals surface area contributed by atoms with Gasteiger partial charge in [-0.1, -0.05) is 23.1 Å². The molecule has 0 aromatic carbocycles. The maximum Gasteiger partial charge on any atom is 0.341 e. The highest BCUT2D eigenvalue weighted by atomic mass is 32.2. The van der Waals surface area contributed by atoms with Crippen molar-refractivity contribution >= 4 is 62.4 Å². The minimum atomic E-state index is -0.381. The van der Waals surface area contributed by atoms with Crippen molar-refractivity contribution in [2.75, 3.05) is 23.0 Å². The third-order valence-corrected chi connectivity index (χ3v) is 7.10. The maximum atomic E-state index is 12.4. The second kappa shape index (κ2) is 9.48. The predicted molar refractivity (Wildman–Crippen MR) is 110 cm³/mol. The molecule has 2 aromatic rings. The fraction of sp³-hybridized carbons (Fsp3) is 0.471. The van der Waals surface area contributed by atoms with Crippen LogP contribution in [-0.2, 0) is 27.2 Å². The number of esters is 1. The van der Waals surface area contributed by atoms with Gasteiger partial charge < -0.3 is 15.4 Å². The normalized spacial score (nSPS) is 12.9. The van der Waals surface area contributed by atoms with Gasteiger partial charge in [0.15, 0.2) is 4.34 Å². The van der Waals surface area contributed by atoms with E-state index < -0.39 is 0 Å². The molecule has 2 aromatic heterocycles. The number of nitrogens with zero attached hydrogens (tertiary/aromatic N) is 2. The summed E-state index contributed by atoms with van der Waals surface area (Å²) in [6.45, 7) is 3.45. The van der Waals surface area contributed by atoms with Gasteiger partial charge in [0.25, 0.3) is 0 Å². The van der Waals surface area contributed by atoms with Crippen LogP contribution >= 0.6 is 34.4 Å². The molecule has 0 saturated carbocycles. The first kappa shape index (κ1) is 20.7. The zero-order valence-corrected chi connectivity index (χ0v) is 17.9. The van der Waals surface area contributed by atoms with E-state index in [0.29, 0.717) is 26.6 Å². The van der Waals surface area contributed by atoms with Crippen molar-refractivity contribution in [3.63, 3.8) is 0 Å². The summed E-state index contributed by atoms with van der Waals surface area (Å²) >= 11 is 3.89. The van der Waals surface area contributed by atoms with Crippen molar-refractivity contribution in [2.24, 2.45) is 0 Å². The van der Waals surface area contributed by atoms with Crippen LogP contribution in [0, 0.1) is 0 Å². The molecule has 0 unspecified atom stereocenters. The summed E-state index contributed by atoms with van der Waals surface area (Å²) in [6.07, 6.45) is 3.88. The first-order valence-corrected chi connectivity index (χ1v) is 11.4. The highest BCUT2D eigenvalue weighted by Crippen LogP contribution is 2.38. The van der Waals surface area contributed by atoms with Crippen molar-refractivity contribution in [1.82, 2.24) is 10.2 Å². The van der Waals surface area contributed by atoms with Gasteiger partial charge in [0.2, 0.25) is 16.9 Å². The Balaban J connectivity index is 1.66. The van der Waals surface area contributed by atoms with Gasteiger partial charge in [-0.2, -0.15) is 0 Å². The molecule has 0 fully saturated rings. The summed E-state index contributed by atoms with van der Waals surface area (Å²) in [6, 6.07) is 0. The summed E-state index contributed by atoms with van der Waals surface area (Å²) < 4.78 is 5.78. The number of thioether (sulfide) groups is 1. The maximum absolute atomic E-state index is 12.4. The molecule has 1 aliphatic carbocycles. The van der Waals surface area contributed by atoms with E-state index >= 15 is 0 Å². The van der Waals surface area contributed by atoms with Crippen LogP contribution in [-0.4, -0.2) is 40.3 Å². The average Bonchev–Trinajstić information content (AvgIpc) is 3.23. The van der Waals surface area contributed by atoms with Crippen LogP contribution in [0.5, 0.6) is 0 Å². The van der Waals surface area contributed by atoms with Crippen LogP contribution in [0.15, 0.2) is 4.34 Å². The molecule has 2 heterocycles. The number of aryl methyl sites for hydroxylation is 1. The number of anilines is 2. The van der Waals surface area contributed by atoms with Crippen LogP contribution in [0.1, 0.15) is 47.5 Å². The summed E-state index contributed by atoms with van der Waals surface area (Å²) in [5.41, 5.74) is 1.52. The Morgan fingerprint density at radius 3 is 2.68 bits per heavy atom. The van der Waals surface area contributed by atoms with E-state index in [9.17, 15) is 14.4 Å². The smallest absolute Gasteiger partial charge is 0.341 e. The zero-order valence-electron chi connectivity index (χ0n) is 15.5. The number of carbonyl (C=O) groups excluding carboxylic acids is 3. The Labute approximate surface area is 174 Å². The fourth-order valence-corrected chi connectivity index (χ4v) is 5.72.